The molecular weight excluding hydrogens is 334 g/mol. The largest absolute Gasteiger partial charge is 0.469 e. The molecule has 3 amide bonds. The van der Waals surface area contributed by atoms with E-state index in [2.05, 4.69) is 16.0 Å². The van der Waals surface area contributed by atoms with Gasteiger partial charge >= 0.3 is 6.03 Å². The second-order valence-corrected chi connectivity index (χ2v) is 6.17. The molecule has 2 heterocycles. The van der Waals surface area contributed by atoms with Gasteiger partial charge in [0.2, 0.25) is 5.91 Å². The third-order valence-electron chi connectivity index (χ3n) is 4.12. The fraction of sp³-hybridized carbons (Fsp3) is 0.368. The minimum Gasteiger partial charge on any atom is -0.469 e. The molecule has 26 heavy (non-hydrogen) atoms. The second kappa shape index (κ2) is 9.05. The molecule has 1 fully saturated rings. The Kier molecular flexibility index (Phi) is 6.27. The highest BCUT2D eigenvalue weighted by Crippen LogP contribution is 2.15. The molecule has 3 N–H and O–H groups in total. The highest BCUT2D eigenvalue weighted by atomic mass is 16.5. The predicted molar refractivity (Wildman–Crippen MR) is 98.1 cm³/mol. The van der Waals surface area contributed by atoms with Crippen molar-refractivity contribution in [3.8, 4) is 0 Å². The molecular formula is C19H23N3O4. The van der Waals surface area contributed by atoms with Crippen molar-refractivity contribution < 1.29 is 18.7 Å². The average Bonchev–Trinajstić information content (AvgIpc) is 3.34. The van der Waals surface area contributed by atoms with Gasteiger partial charge in [0.05, 0.1) is 12.4 Å². The van der Waals surface area contributed by atoms with E-state index in [0.717, 1.165) is 25.2 Å². The Morgan fingerprint density at radius 3 is 2.50 bits per heavy atom. The lowest BCUT2D eigenvalue weighted by Crippen LogP contribution is -2.35. The van der Waals surface area contributed by atoms with Gasteiger partial charge in [0.25, 0.3) is 0 Å². The maximum Gasteiger partial charge on any atom is 0.319 e. The van der Waals surface area contributed by atoms with E-state index in [1.165, 1.54) is 0 Å². The molecule has 1 aliphatic rings. The molecule has 3 rings (SSSR count). The number of carbonyl (C=O) groups excluding carboxylic acids is 2. The van der Waals surface area contributed by atoms with Gasteiger partial charge in [-0.25, -0.2) is 4.79 Å². The van der Waals surface area contributed by atoms with Gasteiger partial charge in [-0.1, -0.05) is 0 Å². The van der Waals surface area contributed by atoms with Gasteiger partial charge in [0.15, 0.2) is 0 Å². The summed E-state index contributed by atoms with van der Waals surface area (Å²) in [6.45, 7) is 1.28. The minimum absolute atomic E-state index is 0.0867. The van der Waals surface area contributed by atoms with E-state index in [1.54, 1.807) is 36.6 Å². The fourth-order valence-corrected chi connectivity index (χ4v) is 2.74. The maximum atomic E-state index is 11.9. The number of rotatable bonds is 7. The lowest BCUT2D eigenvalue weighted by Gasteiger charge is -2.12. The summed E-state index contributed by atoms with van der Waals surface area (Å²) >= 11 is 0. The zero-order valence-corrected chi connectivity index (χ0v) is 14.5. The molecule has 1 aromatic carbocycles. The first-order valence-electron chi connectivity index (χ1n) is 8.78. The molecule has 1 atom stereocenters. The van der Waals surface area contributed by atoms with E-state index in [1.807, 2.05) is 6.07 Å². The Hall–Kier alpha value is -2.80. The topological polar surface area (TPSA) is 92.6 Å². The summed E-state index contributed by atoms with van der Waals surface area (Å²) in [5.74, 6) is 0.699. The Balaban J connectivity index is 1.39. The molecule has 1 aliphatic heterocycles. The van der Waals surface area contributed by atoms with Crippen molar-refractivity contribution >= 4 is 23.3 Å². The Bertz CT molecular complexity index is 707. The van der Waals surface area contributed by atoms with Crippen LogP contribution in [0.1, 0.15) is 25.0 Å². The Morgan fingerprint density at radius 1 is 1.08 bits per heavy atom. The number of furan rings is 1. The molecule has 0 radical (unpaired) electrons. The maximum absolute atomic E-state index is 11.9. The first-order chi connectivity index (χ1) is 12.7. The lowest BCUT2D eigenvalue weighted by molar-refractivity contribution is -0.116. The van der Waals surface area contributed by atoms with Crippen molar-refractivity contribution in [2.45, 2.75) is 31.8 Å². The fourth-order valence-electron chi connectivity index (χ4n) is 2.74. The van der Waals surface area contributed by atoms with Crippen LogP contribution in [0.3, 0.4) is 0 Å². The summed E-state index contributed by atoms with van der Waals surface area (Å²) in [4.78, 5) is 23.8. The normalized spacial score (nSPS) is 16.2. The van der Waals surface area contributed by atoms with Crippen molar-refractivity contribution in [2.24, 2.45) is 0 Å². The van der Waals surface area contributed by atoms with Crippen molar-refractivity contribution in [3.05, 3.63) is 48.4 Å². The van der Waals surface area contributed by atoms with Crippen LogP contribution >= 0.6 is 0 Å². The van der Waals surface area contributed by atoms with E-state index in [9.17, 15) is 9.59 Å². The smallest absolute Gasteiger partial charge is 0.319 e. The highest BCUT2D eigenvalue weighted by molar-refractivity contribution is 5.92. The van der Waals surface area contributed by atoms with Crippen molar-refractivity contribution in [3.63, 3.8) is 0 Å². The van der Waals surface area contributed by atoms with Crippen molar-refractivity contribution in [2.75, 3.05) is 23.8 Å². The predicted octanol–water partition coefficient (Wildman–Crippen LogP) is 3.15. The molecule has 0 bridgehead atoms. The zero-order chi connectivity index (χ0) is 18.2. The van der Waals surface area contributed by atoms with Crippen molar-refractivity contribution in [1.82, 2.24) is 5.32 Å². The lowest BCUT2D eigenvalue weighted by atomic mass is 10.2. The number of hydrogen-bond acceptors (Lipinski definition) is 4. The number of hydrogen-bond donors (Lipinski definition) is 3. The SMILES string of the molecule is O=C(CCc1ccco1)Nc1ccc(NC(=O)NC[C@H]2CCCO2)cc1. The van der Waals surface area contributed by atoms with E-state index in [0.29, 0.717) is 30.8 Å². The van der Waals surface area contributed by atoms with Gasteiger partial charge < -0.3 is 25.1 Å². The van der Waals surface area contributed by atoms with Gasteiger partial charge in [0, 0.05) is 37.4 Å². The van der Waals surface area contributed by atoms with Crippen LogP contribution < -0.4 is 16.0 Å². The molecule has 7 heteroatoms. The van der Waals surface area contributed by atoms with E-state index in [4.69, 9.17) is 9.15 Å². The van der Waals surface area contributed by atoms with Crippen LogP contribution in [0.5, 0.6) is 0 Å². The first-order valence-corrected chi connectivity index (χ1v) is 8.78. The van der Waals surface area contributed by atoms with Crippen LogP contribution in [0.25, 0.3) is 0 Å². The third-order valence-corrected chi connectivity index (χ3v) is 4.12. The molecule has 7 nitrogen and oxygen atoms in total. The molecule has 2 aromatic rings. The zero-order valence-electron chi connectivity index (χ0n) is 14.5. The van der Waals surface area contributed by atoms with Crippen LogP contribution in [-0.4, -0.2) is 31.2 Å². The van der Waals surface area contributed by atoms with Gasteiger partial charge in [0.1, 0.15) is 5.76 Å². The number of carbonyl (C=O) groups is 2. The van der Waals surface area contributed by atoms with Gasteiger partial charge in [-0.3, -0.25) is 4.79 Å². The summed E-state index contributed by atoms with van der Waals surface area (Å²) in [7, 11) is 0. The standard InChI is InChI=1S/C19H23N3O4/c23-18(10-9-16-3-1-11-25-16)21-14-5-7-15(8-6-14)22-19(24)20-13-17-4-2-12-26-17/h1,3,5-8,11,17H,2,4,9-10,12-13H2,(H,21,23)(H2,20,22,24)/t17-/m1/s1. The summed E-state index contributed by atoms with van der Waals surface area (Å²) in [5.41, 5.74) is 1.34. The van der Waals surface area contributed by atoms with Gasteiger partial charge in [-0.05, 0) is 49.2 Å². The number of benzene rings is 1. The number of urea groups is 1. The number of ether oxygens (including phenoxy) is 1. The molecule has 1 aromatic heterocycles. The first kappa shape index (κ1) is 18.0. The average molecular weight is 357 g/mol. The summed E-state index contributed by atoms with van der Waals surface area (Å²) in [6, 6.07) is 10.4. The summed E-state index contributed by atoms with van der Waals surface area (Å²) in [6.07, 6.45) is 4.63. The minimum atomic E-state index is -0.268. The van der Waals surface area contributed by atoms with Gasteiger partial charge in [-0.15, -0.1) is 0 Å². The number of amides is 3. The van der Waals surface area contributed by atoms with E-state index >= 15 is 0 Å². The van der Waals surface area contributed by atoms with Crippen LogP contribution in [0.15, 0.2) is 47.1 Å². The monoisotopic (exact) mass is 357 g/mol. The molecule has 0 saturated carbocycles. The molecule has 0 aliphatic carbocycles. The molecule has 1 saturated heterocycles. The second-order valence-electron chi connectivity index (χ2n) is 6.17. The van der Waals surface area contributed by atoms with Crippen LogP contribution in [0.2, 0.25) is 0 Å². The quantitative estimate of drug-likeness (QED) is 0.710. The molecule has 138 valence electrons. The number of anilines is 2. The highest BCUT2D eigenvalue weighted by Gasteiger charge is 2.16. The molecule has 0 spiro atoms. The van der Waals surface area contributed by atoms with Crippen molar-refractivity contribution in [1.29, 1.82) is 0 Å². The number of nitrogens with one attached hydrogen (secondary N) is 3. The van der Waals surface area contributed by atoms with Crippen LogP contribution in [0.4, 0.5) is 16.2 Å². The van der Waals surface area contributed by atoms with Crippen LogP contribution in [-0.2, 0) is 16.0 Å². The van der Waals surface area contributed by atoms with Crippen LogP contribution in [0, 0.1) is 0 Å². The molecule has 0 unspecified atom stereocenters. The third kappa shape index (κ3) is 5.63. The summed E-state index contributed by atoms with van der Waals surface area (Å²) in [5, 5.41) is 8.38. The number of aryl methyl sites for hydroxylation is 1. The summed E-state index contributed by atoms with van der Waals surface area (Å²) < 4.78 is 10.7. The Morgan fingerprint density at radius 2 is 1.85 bits per heavy atom. The Labute approximate surface area is 152 Å². The van der Waals surface area contributed by atoms with E-state index < -0.39 is 0 Å². The van der Waals surface area contributed by atoms with E-state index in [-0.39, 0.29) is 18.0 Å². The van der Waals surface area contributed by atoms with Gasteiger partial charge in [-0.2, -0.15) is 0 Å².